The number of aromatic hydroxyl groups is 1. The first kappa shape index (κ1) is 33.3. The fourth-order valence-electron chi connectivity index (χ4n) is 5.66. The number of phenolic OH excluding ortho intramolecular Hbond substituents is 1. The number of carboxylic acids is 1. The van der Waals surface area contributed by atoms with E-state index >= 15 is 0 Å². The molecule has 2 fully saturated rings. The van der Waals surface area contributed by atoms with Crippen LogP contribution < -0.4 is 26.8 Å². The number of nitrogens with one attached hydrogen (secondary N) is 5. The first-order valence-electron chi connectivity index (χ1n) is 15.0. The molecule has 16 nitrogen and oxygen atoms in total. The molecular formula is C29H31N9O7S3. The minimum absolute atomic E-state index is 0.0709. The molecule has 48 heavy (non-hydrogen) atoms. The molecule has 3 aromatic rings. The molecule has 19 heteroatoms. The summed E-state index contributed by atoms with van der Waals surface area (Å²) in [7, 11) is 0. The van der Waals surface area contributed by atoms with E-state index < -0.39 is 46.8 Å². The Morgan fingerprint density at radius 1 is 1.10 bits per heavy atom. The van der Waals surface area contributed by atoms with Crippen molar-refractivity contribution in [2.24, 2.45) is 0 Å². The fraction of sp³-hybridized carbons (Fsp3) is 0.379. The zero-order valence-electron chi connectivity index (χ0n) is 25.2. The molecule has 7 N–H and O–H groups in total. The lowest BCUT2D eigenvalue weighted by Crippen LogP contribution is -2.71. The standard InChI is InChI=1S/C29H31N9O7S3/c39-17-8-6-14(7-9-17)19(36-28(45)34-18-10-30-27(37-22(18)40)33-16-4-2-1-3-5-16)23(41)35-20-24(42)38-21(26(43)44)15(11-46-25(20)38)12-47-29-31-13-32-48-29/h6-10,13,16,19-20,25,39H,1-5,11-12H2,(H,35,41)(H,43,44)(H2,34,36,45)(H2,30,33,37,40)/t19-,20?,25-/m1/s1. The average molecular weight is 714 g/mol. The SMILES string of the molecule is O=C(Nc1cnc(NC2CCCCC2)[nH]c1=O)N[C@@H](C(=O)NC1C(=O)N2C(C(=O)O)=C(CSc3ncns3)CS[C@H]12)c1ccc(O)cc1. The Balaban J connectivity index is 1.13. The van der Waals surface area contributed by atoms with Crippen LogP contribution >= 0.6 is 35.1 Å². The van der Waals surface area contributed by atoms with Gasteiger partial charge in [-0.25, -0.2) is 19.6 Å². The summed E-state index contributed by atoms with van der Waals surface area (Å²) in [6.45, 7) is 0. The quantitative estimate of drug-likeness (QED) is 0.112. The summed E-state index contributed by atoms with van der Waals surface area (Å²) in [4.78, 5) is 77.0. The zero-order valence-corrected chi connectivity index (χ0v) is 27.6. The molecule has 2 aromatic heterocycles. The fourth-order valence-corrected chi connectivity index (χ4v) is 8.59. The van der Waals surface area contributed by atoms with Crippen molar-refractivity contribution in [1.29, 1.82) is 0 Å². The maximum absolute atomic E-state index is 13.6. The van der Waals surface area contributed by atoms with Gasteiger partial charge in [0.15, 0.2) is 4.34 Å². The molecule has 4 amide bonds. The van der Waals surface area contributed by atoms with Gasteiger partial charge in [-0.15, -0.1) is 11.8 Å². The number of nitrogens with zero attached hydrogens (tertiary/aromatic N) is 4. The number of carboxylic acid groups (broad SMARTS) is 1. The van der Waals surface area contributed by atoms with Crippen molar-refractivity contribution >= 4 is 70.5 Å². The molecule has 252 valence electrons. The number of aromatic amines is 1. The molecule has 1 saturated carbocycles. The predicted octanol–water partition coefficient (Wildman–Crippen LogP) is 2.47. The van der Waals surface area contributed by atoms with E-state index in [1.165, 1.54) is 83.2 Å². The zero-order chi connectivity index (χ0) is 33.8. The third-order valence-electron chi connectivity index (χ3n) is 8.02. The van der Waals surface area contributed by atoms with Crippen LogP contribution in [0.15, 0.2) is 57.2 Å². The molecule has 2 aliphatic heterocycles. The number of β-lactam (4-membered cyclic amide) rings is 1. The summed E-state index contributed by atoms with van der Waals surface area (Å²) in [6, 6.07) is 2.42. The van der Waals surface area contributed by atoms with Crippen LogP contribution in [-0.4, -0.2) is 87.2 Å². The maximum Gasteiger partial charge on any atom is 0.352 e. The Morgan fingerprint density at radius 2 is 1.88 bits per heavy atom. The van der Waals surface area contributed by atoms with Crippen molar-refractivity contribution in [3.8, 4) is 5.75 Å². The van der Waals surface area contributed by atoms with Crippen LogP contribution in [0.5, 0.6) is 5.75 Å². The second kappa shape index (κ2) is 14.7. The number of thioether (sulfide) groups is 2. The second-order valence-electron chi connectivity index (χ2n) is 11.2. The number of carbonyl (C=O) groups excluding carboxylic acids is 3. The van der Waals surface area contributed by atoms with Crippen molar-refractivity contribution < 1.29 is 29.4 Å². The maximum atomic E-state index is 13.6. The van der Waals surface area contributed by atoms with E-state index in [0.29, 0.717) is 27.4 Å². The number of aromatic nitrogens is 4. The number of carbonyl (C=O) groups is 4. The van der Waals surface area contributed by atoms with E-state index in [0.717, 1.165) is 25.7 Å². The van der Waals surface area contributed by atoms with Gasteiger partial charge in [-0.3, -0.25) is 24.3 Å². The molecule has 1 aromatic carbocycles. The summed E-state index contributed by atoms with van der Waals surface area (Å²) >= 11 is 3.82. The van der Waals surface area contributed by atoms with Crippen molar-refractivity contribution in [2.45, 2.75) is 59.9 Å². The van der Waals surface area contributed by atoms with E-state index in [4.69, 9.17) is 0 Å². The Bertz CT molecular complexity index is 1780. The van der Waals surface area contributed by atoms with Crippen LogP contribution in [0.2, 0.25) is 0 Å². The van der Waals surface area contributed by atoms with Gasteiger partial charge in [0, 0.05) is 17.5 Å². The summed E-state index contributed by atoms with van der Waals surface area (Å²) in [5.41, 5.74) is -0.0474. The van der Waals surface area contributed by atoms with E-state index in [1.807, 2.05) is 0 Å². The number of phenols is 1. The summed E-state index contributed by atoms with van der Waals surface area (Å²) in [5, 5.41) is 29.9. The Kier molecular flexibility index (Phi) is 10.2. The highest BCUT2D eigenvalue weighted by Crippen LogP contribution is 2.42. The van der Waals surface area contributed by atoms with E-state index in [9.17, 15) is 34.2 Å². The van der Waals surface area contributed by atoms with Gasteiger partial charge in [-0.1, -0.05) is 43.2 Å². The van der Waals surface area contributed by atoms with Crippen molar-refractivity contribution in [3.05, 3.63) is 64.0 Å². The second-order valence-corrected chi connectivity index (χ2v) is 14.3. The lowest BCUT2D eigenvalue weighted by molar-refractivity contribution is -0.150. The van der Waals surface area contributed by atoms with Gasteiger partial charge in [0.2, 0.25) is 11.9 Å². The number of H-pyrrole nitrogens is 1. The number of hydrogen-bond donors (Lipinski definition) is 7. The van der Waals surface area contributed by atoms with Gasteiger partial charge >= 0.3 is 12.0 Å². The highest BCUT2D eigenvalue weighted by molar-refractivity contribution is 8.01. The third kappa shape index (κ3) is 7.42. The molecule has 1 unspecified atom stereocenters. The number of aliphatic carboxylic acids is 1. The van der Waals surface area contributed by atoms with Crippen molar-refractivity contribution in [3.63, 3.8) is 0 Å². The summed E-state index contributed by atoms with van der Waals surface area (Å²) in [5.74, 6) is -1.78. The van der Waals surface area contributed by atoms with Gasteiger partial charge in [0.05, 0.1) is 6.20 Å². The third-order valence-corrected chi connectivity index (χ3v) is 11.2. The number of hydrogen-bond acceptors (Lipinski definition) is 13. The Hall–Kier alpha value is -4.62. The smallest absolute Gasteiger partial charge is 0.352 e. The predicted molar refractivity (Wildman–Crippen MR) is 179 cm³/mol. The van der Waals surface area contributed by atoms with E-state index in [1.54, 1.807) is 0 Å². The lowest BCUT2D eigenvalue weighted by atomic mass is 9.96. The number of benzene rings is 1. The largest absolute Gasteiger partial charge is 0.508 e. The van der Waals surface area contributed by atoms with Gasteiger partial charge in [-0.2, -0.15) is 4.37 Å². The number of urea groups is 1. The molecular weight excluding hydrogens is 683 g/mol. The van der Waals surface area contributed by atoms with Crippen LogP contribution in [0.1, 0.15) is 43.7 Å². The lowest BCUT2D eigenvalue weighted by Gasteiger charge is -2.49. The summed E-state index contributed by atoms with van der Waals surface area (Å²) in [6.07, 6.45) is 7.94. The van der Waals surface area contributed by atoms with E-state index in [-0.39, 0.29) is 28.7 Å². The Morgan fingerprint density at radius 3 is 2.56 bits per heavy atom. The Labute approximate surface area is 285 Å². The van der Waals surface area contributed by atoms with Crippen LogP contribution in [0, 0.1) is 0 Å². The molecule has 3 atom stereocenters. The van der Waals surface area contributed by atoms with Crippen molar-refractivity contribution in [2.75, 3.05) is 22.1 Å². The first-order valence-corrected chi connectivity index (χ1v) is 17.8. The normalized spacial score (nSPS) is 19.9. The molecule has 3 aliphatic rings. The molecule has 4 heterocycles. The molecule has 0 spiro atoms. The molecule has 1 aliphatic carbocycles. The minimum atomic E-state index is -1.35. The van der Waals surface area contributed by atoms with Crippen LogP contribution in [0.3, 0.4) is 0 Å². The van der Waals surface area contributed by atoms with Gasteiger partial charge in [0.1, 0.15) is 40.9 Å². The van der Waals surface area contributed by atoms with Gasteiger partial charge in [-0.05, 0) is 47.6 Å². The summed E-state index contributed by atoms with van der Waals surface area (Å²) < 4.78 is 4.60. The highest BCUT2D eigenvalue weighted by Gasteiger charge is 2.54. The van der Waals surface area contributed by atoms with E-state index in [2.05, 4.69) is 40.6 Å². The number of fused-ring (bicyclic) bond motifs is 1. The monoisotopic (exact) mass is 713 g/mol. The average Bonchev–Trinajstić information content (AvgIpc) is 3.60. The van der Waals surface area contributed by atoms with Crippen LogP contribution in [0.4, 0.5) is 16.4 Å². The minimum Gasteiger partial charge on any atom is -0.508 e. The molecule has 0 bridgehead atoms. The van der Waals surface area contributed by atoms with Crippen LogP contribution in [0.25, 0.3) is 0 Å². The number of anilines is 2. The van der Waals surface area contributed by atoms with Gasteiger partial charge in [0.25, 0.3) is 11.5 Å². The van der Waals surface area contributed by atoms with Gasteiger partial charge < -0.3 is 31.5 Å². The molecule has 6 rings (SSSR count). The molecule has 1 saturated heterocycles. The molecule has 0 radical (unpaired) electrons. The number of amides is 4. The topological polar surface area (TPSA) is 232 Å². The van der Waals surface area contributed by atoms with Crippen LogP contribution in [-0.2, 0) is 14.4 Å². The number of rotatable bonds is 11. The first-order chi connectivity index (χ1) is 23.2. The highest BCUT2D eigenvalue weighted by atomic mass is 32.2. The van der Waals surface area contributed by atoms with Crippen molar-refractivity contribution in [1.82, 2.24) is 34.9 Å².